The van der Waals surface area contributed by atoms with Crippen LogP contribution in [0.4, 0.5) is 28.0 Å². The minimum absolute atomic E-state index is 0.00772. The minimum Gasteiger partial charge on any atom is -0.445 e. The standard InChI is InChI=1S/C33H46FN3O5Si.C27H32FN3O5/c1-32(2,3)41-31(39)37-20-24(42-43(7,8)33(4,5)6)17-29(37)27(26-18-35-28-16-23(34)14-15-25(26)28)19-36-30(38)40-21-22-12-10-9-11-13-22;1-27(2,3)36-26(34)31-15-19(32)12-24(31)22(21-13-29-23-11-18(28)9-10-20(21)23)14-30-25(33)35-16-17-7-5-4-6-8-17/h9-16,18,24,27,29,35H,17,19-21H2,1-8H3,(H,36,38);4-11,13,19,22,24,29,32H,12,14-16H2,1-3H3,(H,30,33)/t24-,27-,29+;19-,22-,24+/m11/s1. The number of aliphatic hydroxyl groups excluding tert-OH is 1. The number of fused-ring (bicyclic) bond motifs is 2. The van der Waals surface area contributed by atoms with Gasteiger partial charge in [0.1, 0.15) is 36.1 Å². The molecule has 2 aliphatic heterocycles. The van der Waals surface area contributed by atoms with Crippen LogP contribution in [-0.2, 0) is 36.6 Å². The Balaban J connectivity index is 0.000000232. The largest absolute Gasteiger partial charge is 0.445 e. The van der Waals surface area contributed by atoms with E-state index in [0.717, 1.165) is 33.0 Å². The number of nitrogens with one attached hydrogen (secondary N) is 4. The number of ether oxygens (including phenoxy) is 4. The van der Waals surface area contributed by atoms with E-state index in [1.807, 2.05) is 87.6 Å². The summed E-state index contributed by atoms with van der Waals surface area (Å²) in [5, 5.41) is 17.8. The number of carbonyl (C=O) groups excluding carboxylic acids is 4. The number of benzene rings is 4. The number of likely N-dealkylation sites (tertiary alicyclic amines) is 2. The fourth-order valence-electron chi connectivity index (χ4n) is 9.87. The summed E-state index contributed by atoms with van der Waals surface area (Å²) < 4.78 is 57.0. The molecular formula is C60H78F2N6O10Si. The lowest BCUT2D eigenvalue weighted by molar-refractivity contribution is 0.0180. The second-order valence-electron chi connectivity index (χ2n) is 24.0. The summed E-state index contributed by atoms with van der Waals surface area (Å²) in [6, 6.07) is 27.0. The number of alkyl carbamates (subject to hydrolysis) is 2. The van der Waals surface area contributed by atoms with E-state index in [1.54, 1.807) is 44.0 Å². The number of aromatic nitrogens is 2. The van der Waals surface area contributed by atoms with Gasteiger partial charge in [0.05, 0.1) is 18.8 Å². The van der Waals surface area contributed by atoms with Crippen molar-refractivity contribution in [3.05, 3.63) is 143 Å². The molecule has 0 radical (unpaired) electrons. The minimum atomic E-state index is -2.16. The van der Waals surface area contributed by atoms with Crippen molar-refractivity contribution >= 4 is 54.5 Å². The van der Waals surface area contributed by atoms with Crippen LogP contribution in [-0.4, -0.2) is 119 Å². The molecule has 6 aromatic rings. The Morgan fingerprint density at radius 2 is 1.05 bits per heavy atom. The van der Waals surface area contributed by atoms with E-state index in [-0.39, 0.29) is 67.6 Å². The van der Waals surface area contributed by atoms with Gasteiger partial charge in [-0.05, 0) is 131 Å². The van der Waals surface area contributed by atoms with Crippen molar-refractivity contribution in [2.45, 2.75) is 154 Å². The van der Waals surface area contributed by atoms with E-state index in [0.29, 0.717) is 30.4 Å². The van der Waals surface area contributed by atoms with Gasteiger partial charge in [0.15, 0.2) is 8.32 Å². The zero-order valence-electron chi connectivity index (χ0n) is 47.3. The van der Waals surface area contributed by atoms with Gasteiger partial charge in [-0.15, -0.1) is 0 Å². The summed E-state index contributed by atoms with van der Waals surface area (Å²) in [6.45, 7) is 22.9. The van der Waals surface area contributed by atoms with Crippen LogP contribution in [0.3, 0.4) is 0 Å². The van der Waals surface area contributed by atoms with Crippen LogP contribution in [0.1, 0.15) is 109 Å². The lowest BCUT2D eigenvalue weighted by Gasteiger charge is -2.38. The molecule has 0 aliphatic carbocycles. The molecule has 4 heterocycles. The normalized spacial score (nSPS) is 18.6. The highest BCUT2D eigenvalue weighted by Gasteiger charge is 2.48. The predicted molar refractivity (Wildman–Crippen MR) is 302 cm³/mol. The number of aliphatic hydroxyl groups is 1. The molecule has 2 saturated heterocycles. The molecule has 8 rings (SSSR count). The fraction of sp³-hybridized carbons (Fsp3) is 0.467. The lowest BCUT2D eigenvalue weighted by atomic mass is 9.89. The van der Waals surface area contributed by atoms with Crippen molar-refractivity contribution in [2.24, 2.45) is 0 Å². The van der Waals surface area contributed by atoms with E-state index in [9.17, 15) is 33.1 Å². The Bertz CT molecular complexity index is 3030. The maximum absolute atomic E-state index is 14.1. The maximum Gasteiger partial charge on any atom is 0.410 e. The third-order valence-corrected chi connectivity index (χ3v) is 19.1. The third-order valence-electron chi connectivity index (χ3n) is 14.6. The van der Waals surface area contributed by atoms with Crippen LogP contribution in [0.25, 0.3) is 21.8 Å². The van der Waals surface area contributed by atoms with Crippen LogP contribution in [0.2, 0.25) is 18.1 Å². The van der Waals surface area contributed by atoms with Crippen molar-refractivity contribution in [2.75, 3.05) is 26.2 Å². The van der Waals surface area contributed by atoms with E-state index >= 15 is 0 Å². The third kappa shape index (κ3) is 16.1. The molecular weight excluding hydrogens is 1030 g/mol. The molecule has 0 unspecified atom stereocenters. The molecule has 0 spiro atoms. The quantitative estimate of drug-likeness (QED) is 0.0517. The molecule has 2 fully saturated rings. The van der Waals surface area contributed by atoms with Crippen LogP contribution in [0, 0.1) is 11.6 Å². The molecule has 16 nitrogen and oxygen atoms in total. The molecule has 2 aromatic heterocycles. The Hall–Kier alpha value is -6.96. The molecule has 4 aromatic carbocycles. The highest BCUT2D eigenvalue weighted by atomic mass is 28.4. The molecule has 6 atom stereocenters. The topological polar surface area (TPSA) is 197 Å². The summed E-state index contributed by atoms with van der Waals surface area (Å²) in [5.41, 5.74) is 3.25. The van der Waals surface area contributed by atoms with Crippen molar-refractivity contribution in [3.63, 3.8) is 0 Å². The number of carbonyl (C=O) groups is 4. The van der Waals surface area contributed by atoms with E-state index < -0.39 is 62.0 Å². The number of halogens is 2. The van der Waals surface area contributed by atoms with Gasteiger partial charge in [-0.3, -0.25) is 0 Å². The van der Waals surface area contributed by atoms with Gasteiger partial charge in [0, 0.05) is 77.8 Å². The summed E-state index contributed by atoms with van der Waals surface area (Å²) in [4.78, 5) is 61.6. The number of β-amino-alcohol motifs (C(OH)–C–C–N with tert-alkyl or cyclic N) is 1. The number of rotatable bonds is 14. The highest BCUT2D eigenvalue weighted by molar-refractivity contribution is 6.74. The summed E-state index contributed by atoms with van der Waals surface area (Å²) in [7, 11) is -2.16. The first-order valence-corrected chi connectivity index (χ1v) is 29.8. The summed E-state index contributed by atoms with van der Waals surface area (Å²) >= 11 is 0. The first kappa shape index (κ1) is 59.7. The van der Waals surface area contributed by atoms with Crippen LogP contribution in [0.5, 0.6) is 0 Å². The molecule has 79 heavy (non-hydrogen) atoms. The van der Waals surface area contributed by atoms with E-state index in [1.165, 1.54) is 29.2 Å². The average molecular weight is 1110 g/mol. The summed E-state index contributed by atoms with van der Waals surface area (Å²) in [5.74, 6) is -1.50. The van der Waals surface area contributed by atoms with Crippen molar-refractivity contribution in [1.29, 1.82) is 0 Å². The zero-order chi connectivity index (χ0) is 57.5. The second kappa shape index (κ2) is 25.0. The Labute approximate surface area is 463 Å². The summed E-state index contributed by atoms with van der Waals surface area (Å²) in [6.07, 6.45) is 1.39. The number of nitrogens with zero attached hydrogens (tertiary/aromatic N) is 2. The van der Waals surface area contributed by atoms with Crippen molar-refractivity contribution in [3.8, 4) is 0 Å². The Morgan fingerprint density at radius 3 is 1.47 bits per heavy atom. The Kier molecular flexibility index (Phi) is 18.9. The number of aromatic amines is 2. The van der Waals surface area contributed by atoms with Crippen molar-refractivity contribution in [1.82, 2.24) is 30.4 Å². The van der Waals surface area contributed by atoms with Crippen LogP contribution >= 0.6 is 0 Å². The van der Waals surface area contributed by atoms with E-state index in [4.69, 9.17) is 23.4 Å². The predicted octanol–water partition coefficient (Wildman–Crippen LogP) is 12.4. The fourth-order valence-corrected chi connectivity index (χ4v) is 11.2. The molecule has 426 valence electrons. The molecule has 19 heteroatoms. The number of amides is 4. The molecule has 2 aliphatic rings. The van der Waals surface area contributed by atoms with E-state index in [2.05, 4.69) is 54.5 Å². The highest BCUT2D eigenvalue weighted by Crippen LogP contribution is 2.42. The zero-order valence-corrected chi connectivity index (χ0v) is 48.3. The molecule has 4 amide bonds. The van der Waals surface area contributed by atoms with Gasteiger partial charge in [0.2, 0.25) is 0 Å². The average Bonchev–Trinajstić information content (AvgIpc) is 4.28. The Morgan fingerprint density at radius 1 is 0.633 bits per heavy atom. The first-order chi connectivity index (χ1) is 37.1. The van der Waals surface area contributed by atoms with Crippen LogP contribution in [0.15, 0.2) is 109 Å². The molecule has 0 saturated carbocycles. The SMILES string of the molecule is CC(C)(C)OC(=O)N1C[C@H](O)C[C@H]1[C@H](CNC(=O)OCc1ccccc1)c1c[nH]c2cc(F)ccc12.CC(C)(C)OC(=O)N1C[C@H](O[Si](C)(C)C(C)(C)C)C[C@H]1[C@H](CNC(=O)OCc1ccccc1)c1c[nH]c2cc(F)ccc12. The van der Waals surface area contributed by atoms with Gasteiger partial charge in [0.25, 0.3) is 0 Å². The smallest absolute Gasteiger partial charge is 0.410 e. The number of hydrogen-bond donors (Lipinski definition) is 5. The number of hydrogen-bond acceptors (Lipinski definition) is 10. The van der Waals surface area contributed by atoms with Gasteiger partial charge in [-0.1, -0.05) is 81.4 Å². The number of H-pyrrole nitrogens is 2. The monoisotopic (exact) mass is 1110 g/mol. The van der Waals surface area contributed by atoms with Gasteiger partial charge in [-0.25, -0.2) is 28.0 Å². The van der Waals surface area contributed by atoms with Gasteiger partial charge in [-0.2, -0.15) is 0 Å². The maximum atomic E-state index is 14.1. The van der Waals surface area contributed by atoms with Crippen LogP contribution < -0.4 is 10.6 Å². The first-order valence-electron chi connectivity index (χ1n) is 26.9. The lowest BCUT2D eigenvalue weighted by Crippen LogP contribution is -2.46. The van der Waals surface area contributed by atoms with Gasteiger partial charge < -0.3 is 58.9 Å². The molecule has 5 N–H and O–H groups in total. The van der Waals surface area contributed by atoms with Gasteiger partial charge >= 0.3 is 24.4 Å². The molecule has 0 bridgehead atoms. The van der Waals surface area contributed by atoms with Crippen molar-refractivity contribution < 1.29 is 56.4 Å². The second-order valence-corrected chi connectivity index (χ2v) is 28.7.